The zero-order valence-corrected chi connectivity index (χ0v) is 11.7. The molecule has 20 heavy (non-hydrogen) atoms. The van der Waals surface area contributed by atoms with Gasteiger partial charge in [-0.2, -0.15) is 0 Å². The van der Waals surface area contributed by atoms with Gasteiger partial charge in [-0.15, -0.1) is 0 Å². The number of carbonyl (C=O) groups is 1. The highest BCUT2D eigenvalue weighted by Gasteiger charge is 2.08. The van der Waals surface area contributed by atoms with Gasteiger partial charge >= 0.3 is 5.97 Å². The Kier molecular flexibility index (Phi) is 4.35. The second-order valence-corrected chi connectivity index (χ2v) is 4.71. The summed E-state index contributed by atoms with van der Waals surface area (Å²) in [7, 11) is 0. The summed E-state index contributed by atoms with van der Waals surface area (Å²) in [5.74, 6) is -0.304. The molecule has 0 unspecified atom stereocenters. The number of benzene rings is 1. The molecule has 2 rings (SSSR count). The molecule has 0 amide bonds. The molecule has 0 aliphatic carbocycles. The van der Waals surface area contributed by atoms with Gasteiger partial charge in [0.15, 0.2) is 0 Å². The number of hydrogen-bond acceptors (Lipinski definition) is 3. The van der Waals surface area contributed by atoms with Crippen molar-refractivity contribution in [3.05, 3.63) is 53.2 Å². The molecule has 4 nitrogen and oxygen atoms in total. The Morgan fingerprint density at radius 2 is 1.90 bits per heavy atom. The second kappa shape index (κ2) is 6.19. The van der Waals surface area contributed by atoms with Gasteiger partial charge in [-0.05, 0) is 43.2 Å². The van der Waals surface area contributed by atoms with Crippen LogP contribution >= 0.6 is 0 Å². The molecule has 1 aromatic carbocycles. The van der Waals surface area contributed by atoms with Gasteiger partial charge in [0.25, 0.3) is 0 Å². The van der Waals surface area contributed by atoms with E-state index in [1.54, 1.807) is 19.1 Å². The third-order valence-corrected chi connectivity index (χ3v) is 3.08. The number of hydrogen-bond donors (Lipinski definition) is 2. The Morgan fingerprint density at radius 3 is 2.45 bits per heavy atom. The molecule has 2 N–H and O–H groups in total. The molecule has 0 bridgehead atoms. The van der Waals surface area contributed by atoms with Crippen LogP contribution in [0.25, 0.3) is 0 Å². The predicted molar refractivity (Wildman–Crippen MR) is 79.7 cm³/mol. The lowest BCUT2D eigenvalue weighted by atomic mass is 10.1. The highest BCUT2D eigenvalue weighted by Crippen LogP contribution is 2.17. The van der Waals surface area contributed by atoms with Gasteiger partial charge in [-0.25, -0.2) is 9.78 Å². The molecule has 0 saturated carbocycles. The third kappa shape index (κ3) is 3.35. The summed E-state index contributed by atoms with van der Waals surface area (Å²) < 4.78 is 0. The summed E-state index contributed by atoms with van der Waals surface area (Å²) in [6.45, 7) is 3.85. The lowest BCUT2D eigenvalue weighted by Crippen LogP contribution is -2.03. The number of nitrogens with zero attached hydrogens (tertiary/aromatic N) is 1. The minimum Gasteiger partial charge on any atom is -0.478 e. The maximum Gasteiger partial charge on any atom is 0.337 e. The number of carboxylic acid groups (broad SMARTS) is 1. The minimum atomic E-state index is -0.953. The van der Waals surface area contributed by atoms with E-state index in [4.69, 9.17) is 5.11 Å². The highest BCUT2D eigenvalue weighted by atomic mass is 16.4. The van der Waals surface area contributed by atoms with Crippen LogP contribution in [0.4, 0.5) is 11.5 Å². The molecule has 4 heteroatoms. The lowest BCUT2D eigenvalue weighted by molar-refractivity contribution is 0.0695. The van der Waals surface area contributed by atoms with Crippen molar-refractivity contribution in [1.82, 2.24) is 4.98 Å². The SMILES string of the molecule is CCCc1ccc(Nc2ccc(C(=O)O)c(C)n2)cc1. The van der Waals surface area contributed by atoms with Crippen LogP contribution in [-0.2, 0) is 6.42 Å². The van der Waals surface area contributed by atoms with E-state index in [1.807, 2.05) is 12.1 Å². The highest BCUT2D eigenvalue weighted by molar-refractivity contribution is 5.89. The van der Waals surface area contributed by atoms with Gasteiger partial charge in [0.2, 0.25) is 0 Å². The lowest BCUT2D eigenvalue weighted by Gasteiger charge is -2.08. The Bertz CT molecular complexity index is 606. The predicted octanol–water partition coefficient (Wildman–Crippen LogP) is 3.78. The smallest absolute Gasteiger partial charge is 0.337 e. The van der Waals surface area contributed by atoms with Gasteiger partial charge in [-0.3, -0.25) is 0 Å². The first-order valence-corrected chi connectivity index (χ1v) is 6.67. The topological polar surface area (TPSA) is 62.2 Å². The summed E-state index contributed by atoms with van der Waals surface area (Å²) in [6, 6.07) is 11.4. The summed E-state index contributed by atoms with van der Waals surface area (Å²) in [5.41, 5.74) is 2.99. The van der Waals surface area contributed by atoms with Crippen molar-refractivity contribution >= 4 is 17.5 Å². The molecule has 2 aromatic rings. The molecule has 0 atom stereocenters. The molecule has 0 radical (unpaired) electrons. The minimum absolute atomic E-state index is 0.230. The Morgan fingerprint density at radius 1 is 1.20 bits per heavy atom. The fraction of sp³-hybridized carbons (Fsp3) is 0.250. The maximum atomic E-state index is 10.9. The Balaban J connectivity index is 2.13. The van der Waals surface area contributed by atoms with Crippen molar-refractivity contribution in [2.45, 2.75) is 26.7 Å². The van der Waals surface area contributed by atoms with Crippen LogP contribution in [-0.4, -0.2) is 16.1 Å². The molecule has 0 aliphatic heterocycles. The zero-order chi connectivity index (χ0) is 14.5. The molecule has 0 saturated heterocycles. The van der Waals surface area contributed by atoms with E-state index in [-0.39, 0.29) is 5.56 Å². The van der Waals surface area contributed by atoms with Gasteiger partial charge in [0.05, 0.1) is 11.3 Å². The van der Waals surface area contributed by atoms with Crippen LogP contribution in [0, 0.1) is 6.92 Å². The Labute approximate surface area is 118 Å². The summed E-state index contributed by atoms with van der Waals surface area (Å²) >= 11 is 0. The Hall–Kier alpha value is -2.36. The van der Waals surface area contributed by atoms with E-state index in [2.05, 4.69) is 29.4 Å². The molecule has 104 valence electrons. The van der Waals surface area contributed by atoms with Crippen LogP contribution < -0.4 is 5.32 Å². The van der Waals surface area contributed by atoms with Crippen LogP contribution in [0.2, 0.25) is 0 Å². The van der Waals surface area contributed by atoms with Crippen LogP contribution in [0.3, 0.4) is 0 Å². The summed E-state index contributed by atoms with van der Waals surface area (Å²) in [4.78, 5) is 15.2. The number of aromatic carboxylic acids is 1. The average molecular weight is 270 g/mol. The fourth-order valence-corrected chi connectivity index (χ4v) is 2.05. The van der Waals surface area contributed by atoms with Crippen molar-refractivity contribution < 1.29 is 9.90 Å². The van der Waals surface area contributed by atoms with Crippen LogP contribution in [0.5, 0.6) is 0 Å². The molecule has 0 aliphatic rings. The maximum absolute atomic E-state index is 10.9. The van der Waals surface area contributed by atoms with Gasteiger partial charge in [-0.1, -0.05) is 25.5 Å². The van der Waals surface area contributed by atoms with Crippen LogP contribution in [0.1, 0.15) is 35.0 Å². The number of nitrogens with one attached hydrogen (secondary N) is 1. The first-order valence-electron chi connectivity index (χ1n) is 6.67. The van der Waals surface area contributed by atoms with E-state index in [0.717, 1.165) is 18.5 Å². The van der Waals surface area contributed by atoms with Gasteiger partial charge in [0.1, 0.15) is 5.82 Å². The molecule has 0 fully saturated rings. The molecule has 1 aromatic heterocycles. The quantitative estimate of drug-likeness (QED) is 0.867. The van der Waals surface area contributed by atoms with E-state index in [1.165, 1.54) is 5.56 Å². The van der Waals surface area contributed by atoms with Crippen molar-refractivity contribution in [1.29, 1.82) is 0 Å². The molecule has 0 spiro atoms. The largest absolute Gasteiger partial charge is 0.478 e. The van der Waals surface area contributed by atoms with E-state index >= 15 is 0 Å². The summed E-state index contributed by atoms with van der Waals surface area (Å²) in [5, 5.41) is 12.1. The third-order valence-electron chi connectivity index (χ3n) is 3.08. The number of aryl methyl sites for hydroxylation is 2. The van der Waals surface area contributed by atoms with Gasteiger partial charge in [0, 0.05) is 5.69 Å². The summed E-state index contributed by atoms with van der Waals surface area (Å²) in [6.07, 6.45) is 2.20. The second-order valence-electron chi connectivity index (χ2n) is 4.71. The van der Waals surface area contributed by atoms with Crippen molar-refractivity contribution in [2.75, 3.05) is 5.32 Å². The van der Waals surface area contributed by atoms with Crippen molar-refractivity contribution in [3.8, 4) is 0 Å². The first-order chi connectivity index (χ1) is 9.60. The number of pyridine rings is 1. The van der Waals surface area contributed by atoms with E-state index < -0.39 is 5.97 Å². The normalized spacial score (nSPS) is 10.3. The zero-order valence-electron chi connectivity index (χ0n) is 11.7. The number of carboxylic acids is 1. The average Bonchev–Trinajstić information content (AvgIpc) is 2.41. The monoisotopic (exact) mass is 270 g/mol. The standard InChI is InChI=1S/C16H18N2O2/c1-3-4-12-5-7-13(8-6-12)18-15-10-9-14(16(19)20)11(2)17-15/h5-10H,3-4H2,1-2H3,(H,17,18)(H,19,20). The number of rotatable bonds is 5. The van der Waals surface area contributed by atoms with Gasteiger partial charge < -0.3 is 10.4 Å². The fourth-order valence-electron chi connectivity index (χ4n) is 2.05. The van der Waals surface area contributed by atoms with Crippen molar-refractivity contribution in [2.24, 2.45) is 0 Å². The number of anilines is 2. The van der Waals surface area contributed by atoms with E-state index in [9.17, 15) is 4.79 Å². The first kappa shape index (κ1) is 14.1. The van der Waals surface area contributed by atoms with E-state index in [0.29, 0.717) is 11.5 Å². The van der Waals surface area contributed by atoms with Crippen LogP contribution in [0.15, 0.2) is 36.4 Å². The number of aromatic nitrogens is 1. The molecular weight excluding hydrogens is 252 g/mol. The molecular formula is C16H18N2O2. The molecule has 1 heterocycles. The van der Waals surface area contributed by atoms with Crippen molar-refractivity contribution in [3.63, 3.8) is 0 Å².